The molecule has 3 rings (SSSR count). The summed E-state index contributed by atoms with van der Waals surface area (Å²) in [7, 11) is 0. The van der Waals surface area contributed by atoms with Crippen molar-refractivity contribution in [1.29, 1.82) is 5.26 Å². The average Bonchev–Trinajstić information content (AvgIpc) is 2.86. The van der Waals surface area contributed by atoms with Crippen LogP contribution in [0.2, 0.25) is 0 Å². The van der Waals surface area contributed by atoms with E-state index in [1.165, 1.54) is 11.5 Å². The van der Waals surface area contributed by atoms with Crippen LogP contribution < -0.4 is 0 Å². The number of hydrogen-bond acceptors (Lipinski definition) is 3. The van der Waals surface area contributed by atoms with Crippen molar-refractivity contribution in [3.8, 4) is 6.07 Å². The first-order valence-corrected chi connectivity index (χ1v) is 8.43. The molecule has 0 N–H and O–H groups in total. The van der Waals surface area contributed by atoms with Gasteiger partial charge < -0.3 is 4.57 Å². The first-order valence-electron chi connectivity index (χ1n) is 6.84. The van der Waals surface area contributed by atoms with E-state index in [0.717, 1.165) is 29.7 Å². The number of hydrogen-bond donors (Lipinski definition) is 0. The van der Waals surface area contributed by atoms with Gasteiger partial charge in [-0.05, 0) is 49.5 Å². The van der Waals surface area contributed by atoms with Gasteiger partial charge in [-0.25, -0.2) is 4.98 Å². The summed E-state index contributed by atoms with van der Waals surface area (Å²) in [6.07, 6.45) is 2.28. The highest BCUT2D eigenvalue weighted by atomic mass is 35.5. The van der Waals surface area contributed by atoms with Crippen molar-refractivity contribution < 1.29 is 0 Å². The Bertz CT molecular complexity index is 666. The van der Waals surface area contributed by atoms with E-state index >= 15 is 0 Å². The van der Waals surface area contributed by atoms with Crippen molar-refractivity contribution >= 4 is 34.4 Å². The van der Waals surface area contributed by atoms with E-state index in [1.54, 1.807) is 0 Å². The lowest BCUT2D eigenvalue weighted by Crippen LogP contribution is -2.17. The minimum Gasteiger partial charge on any atom is -0.324 e. The van der Waals surface area contributed by atoms with E-state index in [2.05, 4.69) is 15.6 Å². The highest BCUT2D eigenvalue weighted by Crippen LogP contribution is 2.34. The number of aromatic nitrogens is 2. The van der Waals surface area contributed by atoms with E-state index in [-0.39, 0.29) is 5.38 Å². The molecule has 1 atom stereocenters. The molecule has 0 bridgehead atoms. The Labute approximate surface area is 127 Å². The van der Waals surface area contributed by atoms with Crippen molar-refractivity contribution in [3.63, 3.8) is 0 Å². The van der Waals surface area contributed by atoms with E-state index in [0.29, 0.717) is 11.6 Å². The van der Waals surface area contributed by atoms with Crippen LogP contribution in [0.25, 0.3) is 11.0 Å². The van der Waals surface area contributed by atoms with Crippen LogP contribution in [0.15, 0.2) is 18.2 Å². The standard InChI is InChI=1S/C15H16ClN3S/c1-10(16)15-18-13-3-2-11(9-17)8-14(13)19(15)12-4-6-20-7-5-12/h2-3,8,10,12H,4-7H2,1H3. The second-order valence-electron chi connectivity index (χ2n) is 5.11. The molecule has 2 heterocycles. The summed E-state index contributed by atoms with van der Waals surface area (Å²) < 4.78 is 2.27. The zero-order valence-corrected chi connectivity index (χ0v) is 12.9. The topological polar surface area (TPSA) is 41.6 Å². The third-order valence-electron chi connectivity index (χ3n) is 3.76. The van der Waals surface area contributed by atoms with Gasteiger partial charge in [0, 0.05) is 6.04 Å². The minimum atomic E-state index is -0.123. The number of imidazole rings is 1. The van der Waals surface area contributed by atoms with E-state index in [1.807, 2.05) is 36.9 Å². The van der Waals surface area contributed by atoms with Crippen LogP contribution >= 0.6 is 23.4 Å². The molecule has 104 valence electrons. The summed E-state index contributed by atoms with van der Waals surface area (Å²) >= 11 is 8.32. The molecular formula is C15H16ClN3S. The van der Waals surface area contributed by atoms with Crippen LogP contribution in [0, 0.1) is 11.3 Å². The molecule has 1 fully saturated rings. The third-order valence-corrected chi connectivity index (χ3v) is 5.00. The van der Waals surface area contributed by atoms with Crippen LogP contribution in [0.3, 0.4) is 0 Å². The summed E-state index contributed by atoms with van der Waals surface area (Å²) in [4.78, 5) is 4.68. The lowest BCUT2D eigenvalue weighted by Gasteiger charge is -2.26. The van der Waals surface area contributed by atoms with Gasteiger partial charge in [0.2, 0.25) is 0 Å². The third kappa shape index (κ3) is 2.41. The van der Waals surface area contributed by atoms with Crippen LogP contribution in [-0.2, 0) is 0 Å². The fraction of sp³-hybridized carbons (Fsp3) is 0.467. The monoisotopic (exact) mass is 305 g/mol. The molecule has 0 aliphatic carbocycles. The number of nitriles is 1. The van der Waals surface area contributed by atoms with Gasteiger partial charge in [-0.15, -0.1) is 11.6 Å². The van der Waals surface area contributed by atoms with Crippen LogP contribution in [0.4, 0.5) is 0 Å². The van der Waals surface area contributed by atoms with Gasteiger partial charge in [-0.2, -0.15) is 17.0 Å². The first-order chi connectivity index (χ1) is 9.70. The molecule has 2 aromatic rings. The van der Waals surface area contributed by atoms with Crippen LogP contribution in [0.1, 0.15) is 42.6 Å². The fourth-order valence-electron chi connectivity index (χ4n) is 2.79. The molecule has 0 amide bonds. The number of rotatable bonds is 2. The lowest BCUT2D eigenvalue weighted by molar-refractivity contribution is 0.464. The predicted octanol–water partition coefficient (Wildman–Crippen LogP) is 4.28. The van der Waals surface area contributed by atoms with E-state index in [4.69, 9.17) is 16.9 Å². The van der Waals surface area contributed by atoms with Crippen molar-refractivity contribution in [2.75, 3.05) is 11.5 Å². The molecule has 1 aliphatic rings. The Balaban J connectivity index is 2.19. The van der Waals surface area contributed by atoms with Gasteiger partial charge in [0.15, 0.2) is 0 Å². The maximum atomic E-state index is 9.11. The molecule has 1 saturated heterocycles. The molecule has 0 radical (unpaired) electrons. The number of nitrogens with zero attached hydrogens (tertiary/aromatic N) is 3. The second-order valence-corrected chi connectivity index (χ2v) is 6.99. The van der Waals surface area contributed by atoms with Gasteiger partial charge >= 0.3 is 0 Å². The Morgan fingerprint density at radius 1 is 1.45 bits per heavy atom. The van der Waals surface area contributed by atoms with Crippen molar-refractivity contribution in [2.45, 2.75) is 31.2 Å². The Hall–Kier alpha value is -1.18. The number of fused-ring (bicyclic) bond motifs is 1. The predicted molar refractivity (Wildman–Crippen MR) is 84.3 cm³/mol. The van der Waals surface area contributed by atoms with Gasteiger partial charge in [0.25, 0.3) is 0 Å². The Morgan fingerprint density at radius 2 is 2.20 bits per heavy atom. The maximum Gasteiger partial charge on any atom is 0.127 e. The number of thioether (sulfide) groups is 1. The molecular weight excluding hydrogens is 290 g/mol. The Kier molecular flexibility index (Phi) is 3.91. The molecule has 3 nitrogen and oxygen atoms in total. The highest BCUT2D eigenvalue weighted by molar-refractivity contribution is 7.99. The molecule has 1 aromatic heterocycles. The molecule has 1 aliphatic heterocycles. The SMILES string of the molecule is CC(Cl)c1nc2ccc(C#N)cc2n1C1CCSCC1. The van der Waals surface area contributed by atoms with Crippen LogP contribution in [-0.4, -0.2) is 21.1 Å². The van der Waals surface area contributed by atoms with Crippen molar-refractivity contribution in [2.24, 2.45) is 0 Å². The quantitative estimate of drug-likeness (QED) is 0.778. The lowest BCUT2D eigenvalue weighted by atomic mass is 10.1. The average molecular weight is 306 g/mol. The minimum absolute atomic E-state index is 0.123. The molecule has 5 heteroatoms. The molecule has 1 aromatic carbocycles. The largest absolute Gasteiger partial charge is 0.324 e. The summed E-state index contributed by atoms with van der Waals surface area (Å²) in [6.45, 7) is 1.96. The fourth-order valence-corrected chi connectivity index (χ4v) is 4.02. The smallest absolute Gasteiger partial charge is 0.127 e. The van der Waals surface area contributed by atoms with Crippen LogP contribution in [0.5, 0.6) is 0 Å². The molecule has 20 heavy (non-hydrogen) atoms. The zero-order valence-electron chi connectivity index (χ0n) is 11.3. The summed E-state index contributed by atoms with van der Waals surface area (Å²) in [6, 6.07) is 8.34. The summed E-state index contributed by atoms with van der Waals surface area (Å²) in [5, 5.41) is 8.98. The summed E-state index contributed by atoms with van der Waals surface area (Å²) in [5.41, 5.74) is 2.66. The summed E-state index contributed by atoms with van der Waals surface area (Å²) in [5.74, 6) is 3.28. The first kappa shape index (κ1) is 13.8. The van der Waals surface area contributed by atoms with Crippen molar-refractivity contribution in [1.82, 2.24) is 9.55 Å². The van der Waals surface area contributed by atoms with Gasteiger partial charge in [0.05, 0.1) is 28.0 Å². The molecule has 1 unspecified atom stereocenters. The molecule has 0 saturated carbocycles. The molecule has 0 spiro atoms. The Morgan fingerprint density at radius 3 is 2.85 bits per heavy atom. The normalized spacial score (nSPS) is 18.1. The van der Waals surface area contributed by atoms with Gasteiger partial charge in [-0.3, -0.25) is 0 Å². The number of halogens is 1. The maximum absolute atomic E-state index is 9.11. The zero-order chi connectivity index (χ0) is 14.1. The second kappa shape index (κ2) is 5.67. The van der Waals surface area contributed by atoms with Gasteiger partial charge in [-0.1, -0.05) is 0 Å². The highest BCUT2D eigenvalue weighted by Gasteiger charge is 2.23. The van der Waals surface area contributed by atoms with E-state index in [9.17, 15) is 0 Å². The number of alkyl halides is 1. The number of benzene rings is 1. The van der Waals surface area contributed by atoms with Gasteiger partial charge in [0.1, 0.15) is 5.82 Å². The van der Waals surface area contributed by atoms with E-state index < -0.39 is 0 Å². The van der Waals surface area contributed by atoms with Crippen molar-refractivity contribution in [3.05, 3.63) is 29.6 Å².